The maximum atomic E-state index is 12.1. The molecule has 2 rings (SSSR count). The zero-order chi connectivity index (χ0) is 23.3. The lowest BCUT2D eigenvalue weighted by molar-refractivity contribution is -0.129. The van der Waals surface area contributed by atoms with Crippen molar-refractivity contribution in [2.24, 2.45) is 0 Å². The number of carbonyl (C=O) groups excluding carboxylic acids is 2. The van der Waals surface area contributed by atoms with Crippen molar-refractivity contribution in [2.45, 2.75) is 12.6 Å². The quantitative estimate of drug-likeness (QED) is 0.280. The van der Waals surface area contributed by atoms with Crippen molar-refractivity contribution >= 4 is 24.1 Å². The topological polar surface area (TPSA) is 89.5 Å². The summed E-state index contributed by atoms with van der Waals surface area (Å²) in [6.45, 7) is 0.0206. The van der Waals surface area contributed by atoms with Gasteiger partial charge in [-0.05, 0) is 35.4 Å². The van der Waals surface area contributed by atoms with E-state index in [0.717, 1.165) is 11.1 Å². The summed E-state index contributed by atoms with van der Waals surface area (Å²) in [4.78, 5) is 24.1. The highest BCUT2D eigenvalue weighted by atomic mass is 16.7. The zero-order valence-electron chi connectivity index (χ0n) is 18.6. The molecule has 32 heavy (non-hydrogen) atoms. The minimum absolute atomic E-state index is 0.0103. The van der Waals surface area contributed by atoms with E-state index in [0.29, 0.717) is 11.1 Å². The van der Waals surface area contributed by atoms with Gasteiger partial charge < -0.3 is 28.4 Å². The van der Waals surface area contributed by atoms with Gasteiger partial charge in [-0.2, -0.15) is 0 Å². The van der Waals surface area contributed by atoms with Gasteiger partial charge in [0.25, 0.3) is 0 Å². The van der Waals surface area contributed by atoms with Crippen molar-refractivity contribution in [2.75, 3.05) is 41.7 Å². The molecule has 0 saturated carbocycles. The van der Waals surface area contributed by atoms with Crippen LogP contribution in [0.3, 0.4) is 0 Å². The van der Waals surface area contributed by atoms with Crippen LogP contribution >= 0.6 is 0 Å². The van der Waals surface area contributed by atoms with Crippen LogP contribution in [0.25, 0.3) is 12.2 Å². The molecule has 8 heteroatoms. The fraction of sp³-hybridized carbons (Fsp3) is 0.333. The first kappa shape index (κ1) is 25.2. The molecule has 0 saturated heterocycles. The number of ether oxygens (including phenoxy) is 6. The van der Waals surface area contributed by atoms with Gasteiger partial charge in [0.2, 0.25) is 0 Å². The lowest BCUT2D eigenvalue weighted by Gasteiger charge is -2.13. The van der Waals surface area contributed by atoms with E-state index in [4.69, 9.17) is 28.4 Å². The second-order valence-corrected chi connectivity index (χ2v) is 6.58. The van der Waals surface area contributed by atoms with E-state index in [1.54, 1.807) is 24.3 Å². The normalized spacial score (nSPS) is 11.3. The summed E-state index contributed by atoms with van der Waals surface area (Å²) in [7, 11) is 5.90. The average molecular weight is 444 g/mol. The molecule has 0 aromatic heterocycles. The van der Waals surface area contributed by atoms with Crippen molar-refractivity contribution in [3.05, 3.63) is 70.8 Å². The summed E-state index contributed by atoms with van der Waals surface area (Å²) in [6, 6.07) is 14.0. The van der Waals surface area contributed by atoms with Gasteiger partial charge in [-0.25, -0.2) is 9.59 Å². The monoisotopic (exact) mass is 444 g/mol. The Hall–Kier alpha value is -3.04. The lowest BCUT2D eigenvalue weighted by atomic mass is 10.1. The van der Waals surface area contributed by atoms with Crippen molar-refractivity contribution in [3.63, 3.8) is 0 Å². The van der Waals surface area contributed by atoms with Crippen LogP contribution in [0, 0.1) is 0 Å². The smallest absolute Gasteiger partial charge is 0.338 e. The number of hydrogen-bond acceptors (Lipinski definition) is 8. The molecule has 0 radical (unpaired) electrons. The Morgan fingerprint density at radius 3 is 1.22 bits per heavy atom. The van der Waals surface area contributed by atoms with Gasteiger partial charge in [-0.1, -0.05) is 36.4 Å². The Balaban J connectivity index is 1.90. The van der Waals surface area contributed by atoms with E-state index < -0.39 is 24.5 Å². The molecule has 0 aliphatic carbocycles. The third-order valence-electron chi connectivity index (χ3n) is 4.51. The number of hydrogen-bond donors (Lipinski definition) is 0. The maximum absolute atomic E-state index is 12.1. The number of benzene rings is 2. The van der Waals surface area contributed by atoms with Crippen LogP contribution in [0.2, 0.25) is 0 Å². The highest BCUT2D eigenvalue weighted by Gasteiger charge is 2.12. The van der Waals surface area contributed by atoms with E-state index in [2.05, 4.69) is 0 Å². The van der Waals surface area contributed by atoms with Crippen LogP contribution in [-0.2, 0) is 28.4 Å². The average Bonchev–Trinajstić information content (AvgIpc) is 2.84. The van der Waals surface area contributed by atoms with E-state index in [9.17, 15) is 9.59 Å². The van der Waals surface area contributed by atoms with Gasteiger partial charge in [-0.15, -0.1) is 0 Å². The van der Waals surface area contributed by atoms with Gasteiger partial charge in [0.15, 0.2) is 12.6 Å². The fourth-order valence-corrected chi connectivity index (χ4v) is 2.57. The first-order chi connectivity index (χ1) is 15.5. The van der Waals surface area contributed by atoms with Crippen LogP contribution in [-0.4, -0.2) is 66.2 Å². The molecule has 0 aliphatic heterocycles. The Morgan fingerprint density at radius 1 is 0.625 bits per heavy atom. The first-order valence-corrected chi connectivity index (χ1v) is 9.84. The molecule has 2 aromatic rings. The van der Waals surface area contributed by atoms with Crippen molar-refractivity contribution in [3.8, 4) is 0 Å². The van der Waals surface area contributed by atoms with E-state index in [1.165, 1.54) is 28.4 Å². The van der Waals surface area contributed by atoms with E-state index in [1.807, 2.05) is 36.4 Å². The van der Waals surface area contributed by atoms with Gasteiger partial charge in [-0.3, -0.25) is 0 Å². The second-order valence-electron chi connectivity index (χ2n) is 6.58. The van der Waals surface area contributed by atoms with Crippen LogP contribution in [0.4, 0.5) is 0 Å². The molecule has 0 fully saturated rings. The predicted octanol–water partition coefficient (Wildman–Crippen LogP) is 3.41. The highest BCUT2D eigenvalue weighted by molar-refractivity contribution is 5.90. The Morgan fingerprint density at radius 2 is 0.938 bits per heavy atom. The highest BCUT2D eigenvalue weighted by Crippen LogP contribution is 2.13. The summed E-state index contributed by atoms with van der Waals surface area (Å²) < 4.78 is 30.3. The summed E-state index contributed by atoms with van der Waals surface area (Å²) >= 11 is 0. The van der Waals surface area contributed by atoms with Gasteiger partial charge in [0.05, 0.1) is 11.1 Å². The standard InChI is InChI=1S/C24H28O8/c1-27-21(28-2)15-31-23(25)19-11-7-17(8-12-19)5-6-18-9-13-20(14-10-18)24(26)32-16-22(29-3)30-4/h5-14,21-22H,15-16H2,1-4H3. The minimum atomic E-state index is -0.595. The summed E-state index contributed by atoms with van der Waals surface area (Å²) in [5.41, 5.74) is 2.67. The third-order valence-corrected chi connectivity index (χ3v) is 4.51. The maximum Gasteiger partial charge on any atom is 0.338 e. The molecular weight excluding hydrogens is 416 g/mol. The third kappa shape index (κ3) is 7.90. The zero-order valence-corrected chi connectivity index (χ0v) is 18.6. The molecule has 0 bridgehead atoms. The number of esters is 2. The minimum Gasteiger partial charge on any atom is -0.457 e. The van der Waals surface area contributed by atoms with Gasteiger partial charge in [0, 0.05) is 28.4 Å². The molecule has 0 atom stereocenters. The second kappa shape index (κ2) is 13.4. The summed E-state index contributed by atoms with van der Waals surface area (Å²) in [5, 5.41) is 0. The summed E-state index contributed by atoms with van der Waals surface area (Å²) in [5.74, 6) is -0.908. The first-order valence-electron chi connectivity index (χ1n) is 9.84. The predicted molar refractivity (Wildman–Crippen MR) is 118 cm³/mol. The molecule has 0 heterocycles. The van der Waals surface area contributed by atoms with Gasteiger partial charge in [0.1, 0.15) is 13.2 Å². The molecule has 2 aromatic carbocycles. The van der Waals surface area contributed by atoms with Crippen LogP contribution < -0.4 is 0 Å². The van der Waals surface area contributed by atoms with Crippen LogP contribution in [0.15, 0.2) is 48.5 Å². The molecule has 0 unspecified atom stereocenters. The molecule has 172 valence electrons. The molecule has 0 amide bonds. The number of rotatable bonds is 12. The lowest BCUT2D eigenvalue weighted by Crippen LogP contribution is -2.22. The molecule has 0 N–H and O–H groups in total. The van der Waals surface area contributed by atoms with Crippen LogP contribution in [0.5, 0.6) is 0 Å². The SMILES string of the molecule is COC(COC(=O)c1ccc(C=Cc2ccc(C(=O)OCC(OC)OC)cc2)cc1)OC. The van der Waals surface area contributed by atoms with E-state index in [-0.39, 0.29) is 13.2 Å². The van der Waals surface area contributed by atoms with Crippen molar-refractivity contribution in [1.29, 1.82) is 0 Å². The Bertz CT molecular complexity index is 792. The molecular formula is C24H28O8. The molecule has 0 spiro atoms. The van der Waals surface area contributed by atoms with Crippen LogP contribution in [0.1, 0.15) is 31.8 Å². The Labute approximate surface area is 187 Å². The van der Waals surface area contributed by atoms with Crippen molar-refractivity contribution < 1.29 is 38.0 Å². The summed E-state index contributed by atoms with van der Waals surface area (Å²) in [6.07, 6.45) is 2.61. The largest absolute Gasteiger partial charge is 0.457 e. The Kier molecular flexibility index (Phi) is 10.6. The molecule has 8 nitrogen and oxygen atoms in total. The fourth-order valence-electron chi connectivity index (χ4n) is 2.57. The number of carbonyl (C=O) groups is 2. The molecule has 0 aliphatic rings. The van der Waals surface area contributed by atoms with E-state index >= 15 is 0 Å². The van der Waals surface area contributed by atoms with Crippen molar-refractivity contribution in [1.82, 2.24) is 0 Å². The van der Waals surface area contributed by atoms with Gasteiger partial charge >= 0.3 is 11.9 Å². The number of methoxy groups -OCH3 is 4.